The van der Waals surface area contributed by atoms with Gasteiger partial charge in [-0.05, 0) is 6.07 Å². The van der Waals surface area contributed by atoms with Crippen LogP contribution in [0.4, 0.5) is 11.4 Å². The molecule has 0 fully saturated rings. The molecule has 1 aromatic rings. The molecule has 0 radical (unpaired) electrons. The van der Waals surface area contributed by atoms with Gasteiger partial charge in [0.2, 0.25) is 0 Å². The second-order valence-corrected chi connectivity index (χ2v) is 2.49. The van der Waals surface area contributed by atoms with Crippen LogP contribution in [0.2, 0.25) is 0 Å². The van der Waals surface area contributed by atoms with Crippen LogP contribution in [0, 0.1) is 0 Å². The highest BCUT2D eigenvalue weighted by molar-refractivity contribution is 6.02. The van der Waals surface area contributed by atoms with E-state index < -0.39 is 23.0 Å². The Bertz CT molecular complexity index is 349. The summed E-state index contributed by atoms with van der Waals surface area (Å²) in [5, 5.41) is 18.5. The van der Waals surface area contributed by atoms with E-state index in [-0.39, 0.29) is 11.4 Å². The highest BCUT2D eigenvalue weighted by atomic mass is 16.3. The number of hydrogen-bond acceptors (Lipinski definition) is 5. The second-order valence-electron chi connectivity index (χ2n) is 2.49. The number of aromatic hydroxyl groups is 2. The Morgan fingerprint density at radius 1 is 1.15 bits per heavy atom. The molecule has 0 unspecified atom stereocenters. The monoisotopic (exact) mass is 183 g/mol. The lowest BCUT2D eigenvalue weighted by atomic mass is 10.1. The maximum atomic E-state index is 10.7. The first kappa shape index (κ1) is 8.98. The Morgan fingerprint density at radius 2 is 1.54 bits per heavy atom. The molecular weight excluding hydrogens is 174 g/mol. The number of phenols is 2. The van der Waals surface area contributed by atoms with Crippen LogP contribution < -0.4 is 17.2 Å². The summed E-state index contributed by atoms with van der Waals surface area (Å²) in [6.45, 7) is 0. The minimum atomic E-state index is -0.992. The number of amides is 1. The predicted octanol–water partition coefficient (Wildman–Crippen LogP) is -0.639. The third kappa shape index (κ3) is 1.28. The summed E-state index contributed by atoms with van der Waals surface area (Å²) in [7, 11) is 0. The van der Waals surface area contributed by atoms with Crippen LogP contribution in [0.25, 0.3) is 0 Å². The van der Waals surface area contributed by atoms with E-state index in [1.165, 1.54) is 0 Å². The molecule has 0 aliphatic heterocycles. The molecular formula is C7H9N3O3. The van der Waals surface area contributed by atoms with Gasteiger partial charge < -0.3 is 27.4 Å². The Balaban J connectivity index is 3.56. The van der Waals surface area contributed by atoms with Crippen molar-refractivity contribution in [1.29, 1.82) is 0 Å². The molecule has 70 valence electrons. The van der Waals surface area contributed by atoms with E-state index in [2.05, 4.69) is 0 Å². The van der Waals surface area contributed by atoms with E-state index in [1.807, 2.05) is 0 Å². The molecule has 0 aliphatic rings. The quantitative estimate of drug-likeness (QED) is 0.224. The lowest BCUT2D eigenvalue weighted by Crippen LogP contribution is -2.13. The third-order valence-corrected chi connectivity index (χ3v) is 1.58. The Kier molecular flexibility index (Phi) is 1.89. The molecule has 0 aliphatic carbocycles. The number of carbonyl (C=O) groups excluding carboxylic acids is 1. The average Bonchev–Trinajstić information content (AvgIpc) is 2.01. The van der Waals surface area contributed by atoms with Gasteiger partial charge in [-0.3, -0.25) is 4.79 Å². The lowest BCUT2D eigenvalue weighted by molar-refractivity contribution is 0.0995. The SMILES string of the molecule is NC(=O)c1c(O)c(N)cc(N)c1O. The maximum absolute atomic E-state index is 10.7. The average molecular weight is 183 g/mol. The minimum absolute atomic E-state index is 0.107. The molecule has 1 amide bonds. The molecule has 0 saturated carbocycles. The number of primary amides is 1. The highest BCUT2D eigenvalue weighted by Crippen LogP contribution is 2.36. The standard InChI is InChI=1S/C7H9N3O3/c8-2-1-3(9)6(12)4(5(2)11)7(10)13/h1,11-12H,8-9H2,(H2,10,13). The van der Waals surface area contributed by atoms with Crippen LogP contribution in [0.15, 0.2) is 6.07 Å². The molecule has 13 heavy (non-hydrogen) atoms. The number of rotatable bonds is 1. The van der Waals surface area contributed by atoms with Crippen molar-refractivity contribution in [3.05, 3.63) is 11.6 Å². The number of carbonyl (C=O) groups is 1. The van der Waals surface area contributed by atoms with E-state index >= 15 is 0 Å². The fourth-order valence-corrected chi connectivity index (χ4v) is 0.938. The molecule has 0 spiro atoms. The van der Waals surface area contributed by atoms with E-state index in [9.17, 15) is 15.0 Å². The summed E-state index contributed by atoms with van der Waals surface area (Å²) in [5.41, 5.74) is 14.8. The summed E-state index contributed by atoms with van der Waals surface area (Å²) in [5.74, 6) is -2.10. The maximum Gasteiger partial charge on any atom is 0.256 e. The number of benzene rings is 1. The van der Waals surface area contributed by atoms with Crippen molar-refractivity contribution in [2.24, 2.45) is 5.73 Å². The highest BCUT2D eigenvalue weighted by Gasteiger charge is 2.18. The van der Waals surface area contributed by atoms with Gasteiger partial charge in [-0.15, -0.1) is 0 Å². The first-order chi connectivity index (χ1) is 5.95. The fourth-order valence-electron chi connectivity index (χ4n) is 0.938. The van der Waals surface area contributed by atoms with Crippen LogP contribution in [-0.4, -0.2) is 16.1 Å². The van der Waals surface area contributed by atoms with Gasteiger partial charge in [0.1, 0.15) is 5.56 Å². The summed E-state index contributed by atoms with van der Waals surface area (Å²) in [6, 6.07) is 1.14. The van der Waals surface area contributed by atoms with Gasteiger partial charge in [0, 0.05) is 0 Å². The molecule has 0 heterocycles. The third-order valence-electron chi connectivity index (χ3n) is 1.58. The van der Waals surface area contributed by atoms with Crippen LogP contribution in [-0.2, 0) is 0 Å². The minimum Gasteiger partial charge on any atom is -0.505 e. The van der Waals surface area contributed by atoms with Gasteiger partial charge in [0.05, 0.1) is 11.4 Å². The van der Waals surface area contributed by atoms with Crippen LogP contribution in [0.5, 0.6) is 11.5 Å². The van der Waals surface area contributed by atoms with Crippen molar-refractivity contribution in [1.82, 2.24) is 0 Å². The van der Waals surface area contributed by atoms with E-state index in [1.54, 1.807) is 0 Å². The number of nitrogens with two attached hydrogens (primary N) is 3. The first-order valence-corrected chi connectivity index (χ1v) is 3.34. The normalized spacial score (nSPS) is 9.85. The van der Waals surface area contributed by atoms with Crippen molar-refractivity contribution < 1.29 is 15.0 Å². The molecule has 6 nitrogen and oxygen atoms in total. The van der Waals surface area contributed by atoms with Crippen LogP contribution in [0.3, 0.4) is 0 Å². The van der Waals surface area contributed by atoms with E-state index in [0.717, 1.165) is 6.07 Å². The van der Waals surface area contributed by atoms with Crippen molar-refractivity contribution >= 4 is 17.3 Å². The molecule has 1 rings (SSSR count). The second kappa shape index (κ2) is 2.74. The van der Waals surface area contributed by atoms with Crippen LogP contribution >= 0.6 is 0 Å². The summed E-state index contributed by atoms with van der Waals surface area (Å²) in [4.78, 5) is 10.7. The summed E-state index contributed by atoms with van der Waals surface area (Å²) >= 11 is 0. The predicted molar refractivity (Wildman–Crippen MR) is 47.1 cm³/mol. The number of nitrogen functional groups attached to an aromatic ring is 2. The van der Waals surface area contributed by atoms with Crippen molar-refractivity contribution in [3.63, 3.8) is 0 Å². The van der Waals surface area contributed by atoms with Gasteiger partial charge in [-0.25, -0.2) is 0 Å². The molecule has 1 aromatic carbocycles. The smallest absolute Gasteiger partial charge is 0.256 e. The topological polar surface area (TPSA) is 136 Å². The zero-order valence-corrected chi connectivity index (χ0v) is 6.61. The fraction of sp³-hybridized carbons (Fsp3) is 0. The van der Waals surface area contributed by atoms with Crippen molar-refractivity contribution in [2.75, 3.05) is 11.5 Å². The zero-order chi connectivity index (χ0) is 10.2. The number of hydrogen-bond donors (Lipinski definition) is 5. The Morgan fingerprint density at radius 3 is 1.85 bits per heavy atom. The first-order valence-electron chi connectivity index (χ1n) is 3.34. The molecule has 6 heteroatoms. The summed E-state index contributed by atoms with van der Waals surface area (Å²) < 4.78 is 0. The van der Waals surface area contributed by atoms with Crippen LogP contribution in [0.1, 0.15) is 10.4 Å². The Hall–Kier alpha value is -2.11. The molecule has 0 aromatic heterocycles. The van der Waals surface area contributed by atoms with E-state index in [0.29, 0.717) is 0 Å². The van der Waals surface area contributed by atoms with E-state index in [4.69, 9.17) is 17.2 Å². The van der Waals surface area contributed by atoms with Gasteiger partial charge in [-0.1, -0.05) is 0 Å². The van der Waals surface area contributed by atoms with Gasteiger partial charge in [-0.2, -0.15) is 0 Å². The Labute approximate surface area is 73.6 Å². The van der Waals surface area contributed by atoms with Crippen molar-refractivity contribution in [3.8, 4) is 11.5 Å². The number of anilines is 2. The van der Waals surface area contributed by atoms with Gasteiger partial charge in [0.15, 0.2) is 11.5 Å². The largest absolute Gasteiger partial charge is 0.505 e. The lowest BCUT2D eigenvalue weighted by Gasteiger charge is -2.08. The molecule has 8 N–H and O–H groups in total. The van der Waals surface area contributed by atoms with Gasteiger partial charge in [0.25, 0.3) is 5.91 Å². The zero-order valence-electron chi connectivity index (χ0n) is 6.61. The molecule has 0 saturated heterocycles. The molecule has 0 atom stereocenters. The molecule has 0 bridgehead atoms. The van der Waals surface area contributed by atoms with Crippen molar-refractivity contribution in [2.45, 2.75) is 0 Å². The summed E-state index contributed by atoms with van der Waals surface area (Å²) in [6.07, 6.45) is 0. The van der Waals surface area contributed by atoms with Gasteiger partial charge >= 0.3 is 0 Å².